The topological polar surface area (TPSA) is 128 Å². The van der Waals surface area contributed by atoms with Crippen LogP contribution < -0.4 is 9.80 Å². The predicted molar refractivity (Wildman–Crippen MR) is 157 cm³/mol. The number of amides is 3. The summed E-state index contributed by atoms with van der Waals surface area (Å²) in [7, 11) is 1.33. The molecule has 1 fully saturated rings. The molecule has 0 saturated carbocycles. The van der Waals surface area contributed by atoms with Gasteiger partial charge in [0, 0.05) is 62.6 Å². The number of anilines is 2. The number of benzene rings is 2. The molecule has 42 heavy (non-hydrogen) atoms. The number of hydrogen-bond donors (Lipinski definition) is 2. The summed E-state index contributed by atoms with van der Waals surface area (Å²) < 4.78 is 4.70. The van der Waals surface area contributed by atoms with Gasteiger partial charge in [0.25, 0.3) is 5.91 Å². The Morgan fingerprint density at radius 2 is 1.90 bits per heavy atom. The fraction of sp³-hybridized carbons (Fsp3) is 0.438. The van der Waals surface area contributed by atoms with Crippen molar-refractivity contribution in [2.24, 2.45) is 5.92 Å². The molecule has 2 aromatic carbocycles. The summed E-state index contributed by atoms with van der Waals surface area (Å²) in [6, 6.07) is 14.7. The van der Waals surface area contributed by atoms with Gasteiger partial charge >= 0.3 is 5.97 Å². The average Bonchev–Trinajstić information content (AvgIpc) is 3.20. The van der Waals surface area contributed by atoms with E-state index in [4.69, 9.17) is 4.74 Å². The Hall–Kier alpha value is -4.02. The highest BCUT2D eigenvalue weighted by Gasteiger charge is 2.52. The number of ether oxygens (including phenoxy) is 1. The normalized spacial score (nSPS) is 18.7. The molecule has 10 nitrogen and oxygen atoms in total. The fourth-order valence-electron chi connectivity index (χ4n) is 5.41. The second kappa shape index (κ2) is 13.8. The molecule has 4 rings (SSSR count). The molecule has 3 amide bonds. The molecule has 2 aliphatic rings. The van der Waals surface area contributed by atoms with E-state index in [1.54, 1.807) is 47.1 Å². The number of aliphatic hydroxyl groups is 2. The summed E-state index contributed by atoms with van der Waals surface area (Å²) in [6.45, 7) is 2.99. The minimum absolute atomic E-state index is 0.0168. The molecular weight excluding hydrogens is 538 g/mol. The van der Waals surface area contributed by atoms with Crippen LogP contribution in [0, 0.1) is 5.92 Å². The number of hydrogen-bond acceptors (Lipinski definition) is 7. The molecule has 2 aliphatic heterocycles. The van der Waals surface area contributed by atoms with Crippen LogP contribution in [0.4, 0.5) is 11.4 Å². The summed E-state index contributed by atoms with van der Waals surface area (Å²) in [5, 5.41) is 21.5. The van der Waals surface area contributed by atoms with Crippen molar-refractivity contribution in [2.45, 2.75) is 51.2 Å². The van der Waals surface area contributed by atoms with Crippen LogP contribution in [0.15, 0.2) is 60.7 Å². The van der Waals surface area contributed by atoms with E-state index in [2.05, 4.69) is 0 Å². The molecule has 0 radical (unpaired) electrons. The lowest BCUT2D eigenvalue weighted by atomic mass is 9.82. The van der Waals surface area contributed by atoms with E-state index in [0.29, 0.717) is 55.8 Å². The Morgan fingerprint density at radius 1 is 1.14 bits per heavy atom. The lowest BCUT2D eigenvalue weighted by molar-refractivity contribution is -0.140. The molecule has 0 aliphatic carbocycles. The number of carbonyl (C=O) groups excluding carboxylic acids is 4. The Labute approximate surface area is 246 Å². The van der Waals surface area contributed by atoms with Gasteiger partial charge in [0.05, 0.1) is 19.4 Å². The zero-order valence-electron chi connectivity index (χ0n) is 24.2. The van der Waals surface area contributed by atoms with Crippen LogP contribution >= 0.6 is 0 Å². The molecule has 0 aromatic heterocycles. The maximum Gasteiger partial charge on any atom is 0.305 e. The minimum Gasteiger partial charge on any atom is -0.469 e. The van der Waals surface area contributed by atoms with Crippen LogP contribution in [0.1, 0.15) is 50.2 Å². The highest BCUT2D eigenvalue weighted by molar-refractivity contribution is 6.08. The number of nitrogens with zero attached hydrogens (tertiary/aromatic N) is 3. The van der Waals surface area contributed by atoms with Crippen LogP contribution in [-0.4, -0.2) is 72.2 Å². The number of aliphatic hydroxyl groups excluding tert-OH is 1. The van der Waals surface area contributed by atoms with Crippen molar-refractivity contribution in [3.63, 3.8) is 0 Å². The van der Waals surface area contributed by atoms with Crippen LogP contribution in [0.3, 0.4) is 0 Å². The van der Waals surface area contributed by atoms with Gasteiger partial charge in [-0.15, -0.1) is 0 Å². The number of fused-ring (bicyclic) bond motifs is 1. The Bertz CT molecular complexity index is 1330. The van der Waals surface area contributed by atoms with Crippen LogP contribution in [0.2, 0.25) is 0 Å². The van der Waals surface area contributed by atoms with Gasteiger partial charge in [-0.1, -0.05) is 49.4 Å². The second-order valence-corrected chi connectivity index (χ2v) is 10.7. The fourth-order valence-corrected chi connectivity index (χ4v) is 5.41. The van der Waals surface area contributed by atoms with Crippen molar-refractivity contribution >= 4 is 35.1 Å². The predicted octanol–water partition coefficient (Wildman–Crippen LogP) is 2.90. The van der Waals surface area contributed by atoms with Crippen molar-refractivity contribution in [1.82, 2.24) is 4.90 Å². The van der Waals surface area contributed by atoms with Crippen molar-refractivity contribution in [3.05, 3.63) is 71.8 Å². The lowest BCUT2D eigenvalue weighted by Gasteiger charge is -2.32. The van der Waals surface area contributed by atoms with E-state index in [1.165, 1.54) is 12.0 Å². The summed E-state index contributed by atoms with van der Waals surface area (Å²) in [6.07, 6.45) is 5.09. The number of β-lactam (4-membered cyclic amide) rings is 1. The van der Waals surface area contributed by atoms with Gasteiger partial charge in [0.2, 0.25) is 11.8 Å². The minimum atomic E-state index is -1.91. The first kappa shape index (κ1) is 30.9. The maximum atomic E-state index is 13.8. The number of unbranched alkanes of at least 4 members (excludes halogenated alkanes) is 1. The van der Waals surface area contributed by atoms with Gasteiger partial charge in [-0.2, -0.15) is 0 Å². The molecule has 0 spiro atoms. The Morgan fingerprint density at radius 3 is 2.55 bits per heavy atom. The van der Waals surface area contributed by atoms with Gasteiger partial charge in [-0.3, -0.25) is 19.2 Å². The van der Waals surface area contributed by atoms with Crippen molar-refractivity contribution in [3.8, 4) is 0 Å². The molecular formula is C32H39N3O7. The van der Waals surface area contributed by atoms with E-state index in [1.807, 2.05) is 30.3 Å². The molecule has 2 aromatic rings. The van der Waals surface area contributed by atoms with Gasteiger partial charge in [-0.05, 0) is 36.6 Å². The van der Waals surface area contributed by atoms with Gasteiger partial charge in [0.1, 0.15) is 0 Å². The molecule has 2 atom stereocenters. The standard InChI is InChI=1S/C32H39N3O7/c1-23(9-8-12-28(37)33(19-20-36)22-24-10-4-3-5-11-24)32(41)26-21-25(34-18-16-29(34)38)14-15-27(26)35(31(32)40)17-7-6-13-30(39)42-2/h3-5,8-11,14-15,21,23,36,41H,6-7,12-13,16-20,22H2,1-2H3/b9-8+/t23-,32+/m0/s1. The third-order valence-corrected chi connectivity index (χ3v) is 7.97. The molecule has 1 saturated heterocycles. The number of carbonyl (C=O) groups is 4. The Balaban J connectivity index is 1.52. The summed E-state index contributed by atoms with van der Waals surface area (Å²) in [4.78, 5) is 55.2. The molecule has 2 heterocycles. The zero-order valence-corrected chi connectivity index (χ0v) is 24.2. The molecule has 224 valence electrons. The van der Waals surface area contributed by atoms with Gasteiger partial charge < -0.3 is 29.6 Å². The average molecular weight is 578 g/mol. The lowest BCUT2D eigenvalue weighted by Crippen LogP contribution is -2.45. The third kappa shape index (κ3) is 6.55. The van der Waals surface area contributed by atoms with Crippen LogP contribution in [-0.2, 0) is 36.1 Å². The van der Waals surface area contributed by atoms with E-state index in [-0.39, 0.29) is 43.8 Å². The van der Waals surface area contributed by atoms with E-state index in [0.717, 1.165) is 5.56 Å². The summed E-state index contributed by atoms with van der Waals surface area (Å²) >= 11 is 0. The summed E-state index contributed by atoms with van der Waals surface area (Å²) in [5.41, 5.74) is 0.631. The molecule has 10 heteroatoms. The highest BCUT2D eigenvalue weighted by Crippen LogP contribution is 2.47. The largest absolute Gasteiger partial charge is 0.469 e. The molecule has 0 bridgehead atoms. The smallest absolute Gasteiger partial charge is 0.305 e. The zero-order chi connectivity index (χ0) is 30.3. The first-order valence-electron chi connectivity index (χ1n) is 14.4. The quantitative estimate of drug-likeness (QED) is 0.153. The number of methoxy groups -OCH3 is 1. The van der Waals surface area contributed by atoms with E-state index in [9.17, 15) is 29.4 Å². The van der Waals surface area contributed by atoms with Crippen molar-refractivity contribution < 1.29 is 34.1 Å². The second-order valence-electron chi connectivity index (χ2n) is 10.7. The SMILES string of the molecule is COC(=O)CCCCN1C(=O)[C@@](O)([C@@H](C)/C=C/CC(=O)N(CCO)Cc2ccccc2)c2cc(N3CCC3=O)ccc21. The maximum absolute atomic E-state index is 13.8. The van der Waals surface area contributed by atoms with Crippen molar-refractivity contribution in [2.75, 3.05) is 43.2 Å². The summed E-state index contributed by atoms with van der Waals surface area (Å²) in [5.74, 6) is -1.71. The Kier molecular flexibility index (Phi) is 10.1. The first-order chi connectivity index (χ1) is 20.2. The molecule has 0 unspecified atom stereocenters. The van der Waals surface area contributed by atoms with Gasteiger partial charge in [-0.25, -0.2) is 0 Å². The van der Waals surface area contributed by atoms with E-state index < -0.39 is 17.4 Å². The third-order valence-electron chi connectivity index (χ3n) is 7.97. The van der Waals surface area contributed by atoms with Crippen LogP contribution in [0.5, 0.6) is 0 Å². The molecule has 2 N–H and O–H groups in total. The van der Waals surface area contributed by atoms with Crippen LogP contribution in [0.25, 0.3) is 0 Å². The monoisotopic (exact) mass is 577 g/mol. The van der Waals surface area contributed by atoms with Gasteiger partial charge in [0.15, 0.2) is 5.60 Å². The highest BCUT2D eigenvalue weighted by atomic mass is 16.5. The number of rotatable bonds is 14. The van der Waals surface area contributed by atoms with E-state index >= 15 is 0 Å². The van der Waals surface area contributed by atoms with Crippen molar-refractivity contribution in [1.29, 1.82) is 0 Å². The first-order valence-corrected chi connectivity index (χ1v) is 14.4. The number of esters is 1.